The fourth-order valence-corrected chi connectivity index (χ4v) is 4.77. The third-order valence-corrected chi connectivity index (χ3v) is 7.05. The summed E-state index contributed by atoms with van der Waals surface area (Å²) in [5, 5.41) is 10.7. The van der Waals surface area contributed by atoms with Crippen LogP contribution in [-0.2, 0) is 9.59 Å². The van der Waals surface area contributed by atoms with Crippen LogP contribution in [0.25, 0.3) is 11.5 Å². The second kappa shape index (κ2) is 9.93. The smallest absolute Gasteiger partial charge is 0.279 e. The second-order valence-corrected chi connectivity index (χ2v) is 11.0. The maximum atomic E-state index is 13.1. The SMILES string of the molecule is Cc1nnc(-c2ccc(Oc3cc(OC4CCN(C)C4=O)cc(C(=O)N=C4NC(=O)C(C)(C)S4)c3)cc2)o1. The Balaban J connectivity index is 1.41. The zero-order valence-electron chi connectivity index (χ0n) is 21.2. The Morgan fingerprint density at radius 1 is 1.13 bits per heavy atom. The maximum absolute atomic E-state index is 13.1. The first-order chi connectivity index (χ1) is 18.1. The highest BCUT2D eigenvalue weighted by atomic mass is 32.2. The summed E-state index contributed by atoms with van der Waals surface area (Å²) in [4.78, 5) is 43.2. The highest BCUT2D eigenvalue weighted by Gasteiger charge is 2.38. The number of aromatic nitrogens is 2. The quantitative estimate of drug-likeness (QED) is 0.502. The highest BCUT2D eigenvalue weighted by molar-refractivity contribution is 8.16. The van der Waals surface area contributed by atoms with Crippen LogP contribution in [-0.4, -0.2) is 62.4 Å². The Morgan fingerprint density at radius 2 is 1.87 bits per heavy atom. The number of likely N-dealkylation sites (N-methyl/N-ethyl adjacent to an activating group) is 1. The van der Waals surface area contributed by atoms with Crippen LogP contribution in [0.1, 0.15) is 36.5 Å². The summed E-state index contributed by atoms with van der Waals surface area (Å²) in [6.07, 6.45) is -0.132. The molecule has 3 heterocycles. The first-order valence-electron chi connectivity index (χ1n) is 11.9. The Bertz CT molecular complexity index is 1450. The average Bonchev–Trinajstić information content (AvgIpc) is 3.52. The van der Waals surface area contributed by atoms with Crippen molar-refractivity contribution in [2.45, 2.75) is 38.0 Å². The predicted octanol–water partition coefficient (Wildman–Crippen LogP) is 3.58. The first kappa shape index (κ1) is 25.5. The molecular formula is C26H25N5O6S. The van der Waals surface area contributed by atoms with Crippen LogP contribution in [0.2, 0.25) is 0 Å². The molecule has 1 N–H and O–H groups in total. The molecule has 0 saturated carbocycles. The Kier molecular flexibility index (Phi) is 6.66. The van der Waals surface area contributed by atoms with Crippen LogP contribution in [0.5, 0.6) is 17.2 Å². The summed E-state index contributed by atoms with van der Waals surface area (Å²) in [7, 11) is 1.71. The zero-order chi connectivity index (χ0) is 27.0. The third-order valence-electron chi connectivity index (χ3n) is 5.97. The number of carbonyl (C=O) groups is 3. The van der Waals surface area contributed by atoms with Crippen molar-refractivity contribution in [2.75, 3.05) is 13.6 Å². The van der Waals surface area contributed by atoms with Crippen LogP contribution in [0, 0.1) is 6.92 Å². The lowest BCUT2D eigenvalue weighted by Crippen LogP contribution is -2.30. The van der Waals surface area contributed by atoms with Crippen LogP contribution < -0.4 is 14.8 Å². The van der Waals surface area contributed by atoms with Gasteiger partial charge in [0.2, 0.25) is 17.7 Å². The van der Waals surface area contributed by atoms with E-state index in [2.05, 4.69) is 20.5 Å². The van der Waals surface area contributed by atoms with Gasteiger partial charge in [0.1, 0.15) is 17.2 Å². The molecule has 11 nitrogen and oxygen atoms in total. The minimum Gasteiger partial charge on any atom is -0.480 e. The van der Waals surface area contributed by atoms with E-state index in [0.717, 1.165) is 5.56 Å². The molecule has 2 saturated heterocycles. The predicted molar refractivity (Wildman–Crippen MR) is 139 cm³/mol. The van der Waals surface area contributed by atoms with Crippen LogP contribution in [0.4, 0.5) is 0 Å². The van der Waals surface area contributed by atoms with Gasteiger partial charge in [0, 0.05) is 44.1 Å². The molecule has 2 aliphatic rings. The molecule has 0 radical (unpaired) electrons. The van der Waals surface area contributed by atoms with E-state index in [-0.39, 0.29) is 22.5 Å². The number of rotatable bonds is 6. The number of nitrogens with zero attached hydrogens (tertiary/aromatic N) is 4. The van der Waals surface area contributed by atoms with Gasteiger partial charge >= 0.3 is 0 Å². The number of thioether (sulfide) groups is 1. The fourth-order valence-electron chi connectivity index (χ4n) is 3.87. The molecule has 2 aromatic carbocycles. The van der Waals surface area contributed by atoms with Gasteiger partial charge in [-0.3, -0.25) is 14.4 Å². The van der Waals surface area contributed by atoms with Gasteiger partial charge < -0.3 is 24.1 Å². The fraction of sp³-hybridized carbons (Fsp3) is 0.308. The molecule has 3 aromatic rings. The lowest BCUT2D eigenvalue weighted by molar-refractivity contribution is -0.132. The van der Waals surface area contributed by atoms with Crippen molar-refractivity contribution in [3.63, 3.8) is 0 Å². The molecule has 3 amide bonds. The van der Waals surface area contributed by atoms with E-state index < -0.39 is 16.8 Å². The van der Waals surface area contributed by atoms with Gasteiger partial charge in [-0.25, -0.2) is 0 Å². The Morgan fingerprint density at radius 3 is 2.47 bits per heavy atom. The number of amidine groups is 1. The van der Waals surface area contributed by atoms with E-state index in [1.165, 1.54) is 23.9 Å². The van der Waals surface area contributed by atoms with Crippen molar-refractivity contribution >= 4 is 34.7 Å². The van der Waals surface area contributed by atoms with Crippen LogP contribution >= 0.6 is 11.8 Å². The highest BCUT2D eigenvalue weighted by Crippen LogP contribution is 2.33. The number of amides is 3. The maximum Gasteiger partial charge on any atom is 0.279 e. The molecule has 1 atom stereocenters. The van der Waals surface area contributed by atoms with Crippen molar-refractivity contribution in [2.24, 2.45) is 4.99 Å². The molecule has 0 aliphatic carbocycles. The number of hydrogen-bond donors (Lipinski definition) is 1. The minimum atomic E-state index is -0.723. The topological polar surface area (TPSA) is 136 Å². The van der Waals surface area contributed by atoms with Gasteiger partial charge in [0.15, 0.2) is 11.3 Å². The van der Waals surface area contributed by atoms with Gasteiger partial charge in [0.05, 0.1) is 4.75 Å². The number of nitrogens with one attached hydrogen (secondary N) is 1. The Labute approximate surface area is 222 Å². The van der Waals surface area contributed by atoms with Crippen LogP contribution in [0.15, 0.2) is 51.9 Å². The normalized spacial score (nSPS) is 19.6. The minimum absolute atomic E-state index is 0.136. The monoisotopic (exact) mass is 535 g/mol. The van der Waals surface area contributed by atoms with Crippen molar-refractivity contribution in [3.8, 4) is 28.7 Å². The van der Waals surface area contributed by atoms with E-state index in [1.54, 1.807) is 63.1 Å². The third kappa shape index (κ3) is 5.40. The standard InChI is InChI=1S/C26H25N5O6S/c1-14-29-30-22(35-14)15-5-7-17(8-6-15)36-18-11-16(21(32)27-25-28-24(34)26(2,3)38-25)12-19(13-18)37-20-9-10-31(4)23(20)33/h5-8,11-13,20H,9-10H2,1-4H3,(H,27,28,32,34). The summed E-state index contributed by atoms with van der Waals surface area (Å²) >= 11 is 1.18. The van der Waals surface area contributed by atoms with Crippen LogP contribution in [0.3, 0.4) is 0 Å². The molecular weight excluding hydrogens is 510 g/mol. The number of ether oxygens (including phenoxy) is 2. The molecule has 2 aliphatic heterocycles. The number of hydrogen-bond acceptors (Lipinski definition) is 9. The lowest BCUT2D eigenvalue weighted by atomic mass is 10.1. The van der Waals surface area contributed by atoms with Crippen molar-refractivity contribution < 1.29 is 28.3 Å². The number of aliphatic imine (C=N–C) groups is 1. The van der Waals surface area contributed by atoms with Crippen molar-refractivity contribution in [3.05, 3.63) is 53.9 Å². The molecule has 38 heavy (non-hydrogen) atoms. The summed E-state index contributed by atoms with van der Waals surface area (Å²) in [5.41, 5.74) is 0.908. The van der Waals surface area contributed by atoms with Gasteiger partial charge in [-0.1, -0.05) is 11.8 Å². The van der Waals surface area contributed by atoms with E-state index in [4.69, 9.17) is 13.9 Å². The molecule has 2 fully saturated rings. The van der Waals surface area contributed by atoms with Gasteiger partial charge in [-0.15, -0.1) is 10.2 Å². The molecule has 1 aromatic heterocycles. The molecule has 0 spiro atoms. The number of benzene rings is 2. The molecule has 5 rings (SSSR count). The summed E-state index contributed by atoms with van der Waals surface area (Å²) in [6.45, 7) is 5.80. The van der Waals surface area contributed by atoms with Crippen molar-refractivity contribution in [1.29, 1.82) is 0 Å². The Hall–Kier alpha value is -4.19. The number of carbonyl (C=O) groups excluding carboxylic acids is 3. The number of aryl methyl sites for hydroxylation is 1. The second-order valence-electron chi connectivity index (χ2n) is 9.39. The zero-order valence-corrected chi connectivity index (χ0v) is 22.0. The lowest BCUT2D eigenvalue weighted by Gasteiger charge is -2.15. The van der Waals surface area contributed by atoms with E-state index >= 15 is 0 Å². The van der Waals surface area contributed by atoms with E-state index in [9.17, 15) is 14.4 Å². The largest absolute Gasteiger partial charge is 0.480 e. The van der Waals surface area contributed by atoms with Gasteiger partial charge in [0.25, 0.3) is 11.8 Å². The summed E-state index contributed by atoms with van der Waals surface area (Å²) < 4.78 is 16.7. The molecule has 12 heteroatoms. The summed E-state index contributed by atoms with van der Waals surface area (Å²) in [6, 6.07) is 11.7. The average molecular weight is 536 g/mol. The molecule has 1 unspecified atom stereocenters. The molecule has 196 valence electrons. The van der Waals surface area contributed by atoms with Gasteiger partial charge in [-0.2, -0.15) is 4.99 Å². The summed E-state index contributed by atoms with van der Waals surface area (Å²) in [5.74, 6) is 1.01. The van der Waals surface area contributed by atoms with Gasteiger partial charge in [-0.05, 0) is 50.2 Å². The number of likely N-dealkylation sites (tertiary alicyclic amines) is 1. The van der Waals surface area contributed by atoms with E-state index in [1.807, 2.05) is 0 Å². The van der Waals surface area contributed by atoms with Crippen molar-refractivity contribution in [1.82, 2.24) is 20.4 Å². The van der Waals surface area contributed by atoms with E-state index in [0.29, 0.717) is 42.0 Å². The molecule has 0 bridgehead atoms. The first-order valence-corrected chi connectivity index (χ1v) is 12.7.